The molecule has 148 valence electrons. The lowest BCUT2D eigenvalue weighted by Crippen LogP contribution is -2.28. The van der Waals surface area contributed by atoms with Crippen LogP contribution in [0, 0.1) is 11.7 Å². The Labute approximate surface area is 160 Å². The highest BCUT2D eigenvalue weighted by molar-refractivity contribution is 7.89. The van der Waals surface area contributed by atoms with Crippen LogP contribution < -0.4 is 4.72 Å². The molecule has 1 unspecified atom stereocenters. The van der Waals surface area contributed by atoms with Crippen molar-refractivity contribution in [3.8, 4) is 0 Å². The quantitative estimate of drug-likeness (QED) is 0.466. The first-order chi connectivity index (χ1) is 12.8. The van der Waals surface area contributed by atoms with Gasteiger partial charge in [-0.1, -0.05) is 30.4 Å². The van der Waals surface area contributed by atoms with Crippen LogP contribution >= 0.6 is 0 Å². The van der Waals surface area contributed by atoms with Gasteiger partial charge in [0, 0.05) is 12.1 Å². The average molecular weight is 395 g/mol. The van der Waals surface area contributed by atoms with Gasteiger partial charge in [0.05, 0.1) is 5.75 Å². The summed E-state index contributed by atoms with van der Waals surface area (Å²) in [5.74, 6) is -1.10. The third-order valence-electron chi connectivity index (χ3n) is 4.38. The molecule has 2 N–H and O–H groups in total. The van der Waals surface area contributed by atoms with E-state index < -0.39 is 16.0 Å². The number of aliphatic carboxylic acids is 1. The maximum atomic E-state index is 13.2. The van der Waals surface area contributed by atoms with Crippen LogP contribution in [0.25, 0.3) is 0 Å². The number of carbonyl (C=O) groups is 1. The first-order valence-corrected chi connectivity index (χ1v) is 10.8. The number of aryl methyl sites for hydroxylation is 1. The lowest BCUT2D eigenvalue weighted by atomic mass is 9.93. The first-order valence-electron chi connectivity index (χ1n) is 9.18. The summed E-state index contributed by atoms with van der Waals surface area (Å²) >= 11 is 0. The number of carboxylic acids is 1. The zero-order valence-corrected chi connectivity index (χ0v) is 16.1. The van der Waals surface area contributed by atoms with Crippen LogP contribution in [0.2, 0.25) is 0 Å². The summed E-state index contributed by atoms with van der Waals surface area (Å²) in [6, 6.07) is 5.96. The second-order valence-corrected chi connectivity index (χ2v) is 8.60. The van der Waals surface area contributed by atoms with Gasteiger partial charge in [-0.3, -0.25) is 9.52 Å². The Morgan fingerprint density at radius 2 is 2.19 bits per heavy atom. The summed E-state index contributed by atoms with van der Waals surface area (Å²) < 4.78 is 40.5. The number of hydrogen-bond donors (Lipinski definition) is 2. The van der Waals surface area contributed by atoms with E-state index in [1.54, 1.807) is 12.1 Å². The van der Waals surface area contributed by atoms with Crippen molar-refractivity contribution in [2.75, 3.05) is 5.75 Å². The minimum atomic E-state index is -3.48. The monoisotopic (exact) mass is 395 g/mol. The average Bonchev–Trinajstić information content (AvgIpc) is 2.60. The van der Waals surface area contributed by atoms with E-state index >= 15 is 0 Å². The number of halogens is 1. The molecule has 0 fully saturated rings. The highest BCUT2D eigenvalue weighted by atomic mass is 32.2. The molecule has 1 aliphatic rings. The van der Waals surface area contributed by atoms with Gasteiger partial charge in [-0.05, 0) is 62.1 Å². The van der Waals surface area contributed by atoms with Crippen LogP contribution in [0.15, 0.2) is 48.2 Å². The van der Waals surface area contributed by atoms with Gasteiger partial charge in [0.1, 0.15) is 5.82 Å². The Kier molecular flexibility index (Phi) is 8.03. The van der Waals surface area contributed by atoms with Gasteiger partial charge in [-0.15, -0.1) is 0 Å². The third-order valence-corrected chi connectivity index (χ3v) is 5.69. The van der Waals surface area contributed by atoms with Gasteiger partial charge in [0.15, 0.2) is 0 Å². The zero-order chi connectivity index (χ0) is 19.7. The van der Waals surface area contributed by atoms with E-state index in [0.717, 1.165) is 12.8 Å². The van der Waals surface area contributed by atoms with Crippen LogP contribution in [0.4, 0.5) is 4.39 Å². The molecule has 0 heterocycles. The van der Waals surface area contributed by atoms with E-state index in [0.29, 0.717) is 30.5 Å². The molecule has 7 heteroatoms. The predicted molar refractivity (Wildman–Crippen MR) is 103 cm³/mol. The Hall–Kier alpha value is -2.15. The smallest absolute Gasteiger partial charge is 0.303 e. The second kappa shape index (κ2) is 10.3. The molecule has 0 aliphatic heterocycles. The van der Waals surface area contributed by atoms with Crippen molar-refractivity contribution in [3.05, 3.63) is 59.6 Å². The number of unbranched alkanes of at least 4 members (excludes halogenated alkanes) is 1. The topological polar surface area (TPSA) is 83.5 Å². The number of sulfonamides is 1. The van der Waals surface area contributed by atoms with E-state index in [1.165, 1.54) is 12.1 Å². The molecule has 0 saturated heterocycles. The lowest BCUT2D eigenvalue weighted by Gasteiger charge is -2.20. The minimum Gasteiger partial charge on any atom is -0.481 e. The molecule has 0 bridgehead atoms. The van der Waals surface area contributed by atoms with Crippen molar-refractivity contribution in [3.63, 3.8) is 0 Å². The van der Waals surface area contributed by atoms with Crippen LogP contribution in [0.5, 0.6) is 0 Å². The van der Waals surface area contributed by atoms with Gasteiger partial charge >= 0.3 is 5.97 Å². The number of allylic oxidation sites excluding steroid dienone is 4. The number of benzene rings is 1. The molecular formula is C20H26FNO4S. The van der Waals surface area contributed by atoms with Crippen molar-refractivity contribution in [2.24, 2.45) is 5.92 Å². The molecule has 0 aromatic heterocycles. The molecular weight excluding hydrogens is 369 g/mol. The molecule has 1 aromatic carbocycles. The Bertz CT molecular complexity index is 802. The zero-order valence-electron chi connectivity index (χ0n) is 15.2. The maximum absolute atomic E-state index is 13.2. The van der Waals surface area contributed by atoms with Gasteiger partial charge in [0.25, 0.3) is 0 Å². The van der Waals surface area contributed by atoms with Crippen molar-refractivity contribution >= 4 is 16.0 Å². The Morgan fingerprint density at radius 3 is 2.93 bits per heavy atom. The van der Waals surface area contributed by atoms with Crippen LogP contribution in [-0.2, 0) is 21.2 Å². The number of nitrogens with one attached hydrogen (secondary N) is 1. The molecule has 0 amide bonds. The highest BCUT2D eigenvalue weighted by Crippen LogP contribution is 2.23. The summed E-state index contributed by atoms with van der Waals surface area (Å²) in [5, 5.41) is 8.62. The maximum Gasteiger partial charge on any atom is 0.303 e. The standard InChI is InChI=1S/C20H26FNO4S/c21-18-9-4-7-17(14-18)12-13-27(25,26)22-19-10-5-8-16(15-19)6-2-1-3-11-20(23)24/h2,4,6-7,9,14-16,22H,1,3,5,8,10-13H2,(H,23,24). The van der Waals surface area contributed by atoms with E-state index in [1.807, 2.05) is 18.2 Å². The molecule has 0 spiro atoms. The van der Waals surface area contributed by atoms with Gasteiger partial charge in [0.2, 0.25) is 10.0 Å². The van der Waals surface area contributed by atoms with Crippen LogP contribution in [0.1, 0.15) is 44.1 Å². The van der Waals surface area contributed by atoms with Gasteiger partial charge in [-0.2, -0.15) is 0 Å². The van der Waals surface area contributed by atoms with Crippen LogP contribution in [0.3, 0.4) is 0 Å². The summed E-state index contributed by atoms with van der Waals surface area (Å²) in [6.07, 6.45) is 10.1. The van der Waals surface area contributed by atoms with E-state index in [2.05, 4.69) is 4.72 Å². The van der Waals surface area contributed by atoms with E-state index in [4.69, 9.17) is 5.11 Å². The summed E-state index contributed by atoms with van der Waals surface area (Å²) in [7, 11) is -3.48. The molecule has 1 aliphatic carbocycles. The van der Waals surface area contributed by atoms with E-state index in [9.17, 15) is 17.6 Å². The molecule has 5 nitrogen and oxygen atoms in total. The van der Waals surface area contributed by atoms with Gasteiger partial charge < -0.3 is 5.11 Å². The predicted octanol–water partition coefficient (Wildman–Crippen LogP) is 3.78. The van der Waals surface area contributed by atoms with Crippen molar-refractivity contribution < 1.29 is 22.7 Å². The third kappa shape index (κ3) is 8.39. The Balaban J connectivity index is 1.85. The van der Waals surface area contributed by atoms with Crippen LogP contribution in [-0.4, -0.2) is 25.2 Å². The number of hydrogen-bond acceptors (Lipinski definition) is 3. The fourth-order valence-electron chi connectivity index (χ4n) is 3.03. The summed E-state index contributed by atoms with van der Waals surface area (Å²) in [4.78, 5) is 10.5. The molecule has 27 heavy (non-hydrogen) atoms. The van der Waals surface area contributed by atoms with Gasteiger partial charge in [-0.25, -0.2) is 12.8 Å². The Morgan fingerprint density at radius 1 is 1.37 bits per heavy atom. The fraction of sp³-hybridized carbons (Fsp3) is 0.450. The SMILES string of the molecule is O=C(O)CCCC=CC1C=C(NS(=O)(=O)CCc2cccc(F)c2)CCC1. The first kappa shape index (κ1) is 21.2. The lowest BCUT2D eigenvalue weighted by molar-refractivity contribution is -0.137. The normalized spacial score (nSPS) is 17.7. The largest absolute Gasteiger partial charge is 0.481 e. The number of rotatable bonds is 10. The molecule has 1 aromatic rings. The van der Waals surface area contributed by atoms with Crippen molar-refractivity contribution in [1.82, 2.24) is 4.72 Å². The van der Waals surface area contributed by atoms with E-state index in [-0.39, 0.29) is 30.3 Å². The summed E-state index contributed by atoms with van der Waals surface area (Å²) in [6.45, 7) is 0. The highest BCUT2D eigenvalue weighted by Gasteiger charge is 2.17. The molecule has 0 radical (unpaired) electrons. The second-order valence-electron chi connectivity index (χ2n) is 6.76. The minimum absolute atomic E-state index is 0.0938. The molecule has 0 saturated carbocycles. The number of carboxylic acid groups (broad SMARTS) is 1. The molecule has 1 atom stereocenters. The van der Waals surface area contributed by atoms with Crippen molar-refractivity contribution in [2.45, 2.75) is 44.9 Å². The molecule has 2 rings (SSSR count). The summed E-state index contributed by atoms with van der Waals surface area (Å²) in [5.41, 5.74) is 1.35. The van der Waals surface area contributed by atoms with Crippen molar-refractivity contribution in [1.29, 1.82) is 0 Å². The fourth-order valence-corrected chi connectivity index (χ4v) is 4.20.